The Kier molecular flexibility index (Phi) is 4.01. The summed E-state index contributed by atoms with van der Waals surface area (Å²) in [6, 6.07) is 19.6. The predicted octanol–water partition coefficient (Wildman–Crippen LogP) is 4.82. The number of hydrogen-bond donors (Lipinski definition) is 0. The second kappa shape index (κ2) is 6.27. The molecule has 0 aliphatic rings. The number of rotatable bonds is 5. The van der Waals surface area contributed by atoms with Crippen LogP contribution in [0.25, 0.3) is 10.9 Å². The molecule has 106 valence electrons. The highest BCUT2D eigenvalue weighted by molar-refractivity contribution is 5.81. The normalized spacial score (nSPS) is 10.5. The molecule has 3 rings (SSSR count). The van der Waals surface area contributed by atoms with Gasteiger partial charge in [-0.15, -0.1) is 0 Å². The lowest BCUT2D eigenvalue weighted by molar-refractivity contribution is 0.299. The Morgan fingerprint density at radius 2 is 1.71 bits per heavy atom. The van der Waals surface area contributed by atoms with Gasteiger partial charge in [0.05, 0.1) is 12.1 Å². The van der Waals surface area contributed by atoms with E-state index in [2.05, 4.69) is 11.9 Å². The fraction of sp³-hybridized carbons (Fsp3) is 0.167. The summed E-state index contributed by atoms with van der Waals surface area (Å²) in [4.78, 5) is 4.58. The van der Waals surface area contributed by atoms with Crippen molar-refractivity contribution in [3.63, 3.8) is 0 Å². The van der Waals surface area contributed by atoms with Crippen molar-refractivity contribution in [2.24, 2.45) is 0 Å². The average molecular weight is 279 g/mol. The molecule has 0 N–H and O–H groups in total. The number of fused-ring (bicyclic) bond motifs is 1. The van der Waals surface area contributed by atoms with Crippen molar-refractivity contribution in [3.8, 4) is 17.4 Å². The van der Waals surface area contributed by atoms with E-state index in [0.717, 1.165) is 23.1 Å². The van der Waals surface area contributed by atoms with Gasteiger partial charge in [-0.05, 0) is 30.7 Å². The van der Waals surface area contributed by atoms with Crippen LogP contribution in [0.3, 0.4) is 0 Å². The molecule has 0 amide bonds. The minimum absolute atomic E-state index is 0.508. The first-order chi connectivity index (χ1) is 10.4. The molecule has 1 aromatic heterocycles. The number of ether oxygens (including phenoxy) is 2. The Balaban J connectivity index is 2.01. The smallest absolute Gasteiger partial charge is 0.263 e. The zero-order chi connectivity index (χ0) is 14.5. The van der Waals surface area contributed by atoms with Crippen LogP contribution in [0.1, 0.15) is 13.3 Å². The summed E-state index contributed by atoms with van der Waals surface area (Å²) in [5.74, 6) is 1.94. The Labute approximate surface area is 124 Å². The monoisotopic (exact) mass is 279 g/mol. The van der Waals surface area contributed by atoms with Gasteiger partial charge in [0.15, 0.2) is 5.75 Å². The van der Waals surface area contributed by atoms with Crippen molar-refractivity contribution in [2.45, 2.75) is 13.3 Å². The maximum absolute atomic E-state index is 5.88. The molecule has 0 radical (unpaired) electrons. The molecule has 0 saturated carbocycles. The van der Waals surface area contributed by atoms with Crippen LogP contribution in [0.2, 0.25) is 0 Å². The molecule has 3 nitrogen and oxygen atoms in total. The topological polar surface area (TPSA) is 31.4 Å². The van der Waals surface area contributed by atoms with Gasteiger partial charge >= 0.3 is 0 Å². The van der Waals surface area contributed by atoms with Crippen LogP contribution in [0.15, 0.2) is 60.7 Å². The van der Waals surface area contributed by atoms with Crippen LogP contribution >= 0.6 is 0 Å². The summed E-state index contributed by atoms with van der Waals surface area (Å²) in [5.41, 5.74) is 0.896. The molecule has 0 aliphatic carbocycles. The van der Waals surface area contributed by atoms with Gasteiger partial charge in [-0.1, -0.05) is 43.3 Å². The molecule has 0 spiro atoms. The SMILES string of the molecule is CCCOc1cc2ccccc2nc1Oc1ccccc1. The zero-order valence-corrected chi connectivity index (χ0v) is 12.0. The van der Waals surface area contributed by atoms with E-state index in [0.29, 0.717) is 18.2 Å². The van der Waals surface area contributed by atoms with Gasteiger partial charge in [0.1, 0.15) is 5.75 Å². The third kappa shape index (κ3) is 3.14. The number of aromatic nitrogens is 1. The molecular formula is C18H17NO2. The van der Waals surface area contributed by atoms with Crippen LogP contribution in [0.4, 0.5) is 0 Å². The minimum atomic E-state index is 0.508. The maximum atomic E-state index is 5.88. The molecule has 0 saturated heterocycles. The molecule has 0 atom stereocenters. The third-order valence-corrected chi connectivity index (χ3v) is 3.08. The highest BCUT2D eigenvalue weighted by Gasteiger charge is 2.10. The van der Waals surface area contributed by atoms with E-state index in [1.54, 1.807) is 0 Å². The minimum Gasteiger partial charge on any atom is -0.488 e. The second-order valence-electron chi connectivity index (χ2n) is 4.75. The van der Waals surface area contributed by atoms with Crippen LogP contribution in [-0.4, -0.2) is 11.6 Å². The molecule has 0 unspecified atom stereocenters. The van der Waals surface area contributed by atoms with E-state index in [-0.39, 0.29) is 0 Å². The van der Waals surface area contributed by atoms with Crippen molar-refractivity contribution in [1.82, 2.24) is 4.98 Å². The van der Waals surface area contributed by atoms with Crippen molar-refractivity contribution in [1.29, 1.82) is 0 Å². The summed E-state index contributed by atoms with van der Waals surface area (Å²) < 4.78 is 11.7. The largest absolute Gasteiger partial charge is 0.488 e. The van der Waals surface area contributed by atoms with Crippen LogP contribution in [-0.2, 0) is 0 Å². The van der Waals surface area contributed by atoms with E-state index < -0.39 is 0 Å². The second-order valence-corrected chi connectivity index (χ2v) is 4.75. The Bertz CT molecular complexity index is 726. The van der Waals surface area contributed by atoms with Crippen molar-refractivity contribution in [2.75, 3.05) is 6.61 Å². The van der Waals surface area contributed by atoms with Gasteiger partial charge in [-0.25, -0.2) is 4.98 Å². The summed E-state index contributed by atoms with van der Waals surface area (Å²) >= 11 is 0. The van der Waals surface area contributed by atoms with E-state index in [1.165, 1.54) is 0 Å². The number of para-hydroxylation sites is 2. The number of benzene rings is 2. The lowest BCUT2D eigenvalue weighted by atomic mass is 10.2. The van der Waals surface area contributed by atoms with Gasteiger partial charge in [0.25, 0.3) is 5.88 Å². The lowest BCUT2D eigenvalue weighted by Gasteiger charge is -2.12. The first-order valence-electron chi connectivity index (χ1n) is 7.12. The van der Waals surface area contributed by atoms with Crippen LogP contribution < -0.4 is 9.47 Å². The molecule has 3 aromatic rings. The number of pyridine rings is 1. The van der Waals surface area contributed by atoms with Gasteiger partial charge in [0.2, 0.25) is 0 Å². The summed E-state index contributed by atoms with van der Waals surface area (Å²) in [7, 11) is 0. The molecule has 0 bridgehead atoms. The molecule has 1 heterocycles. The Hall–Kier alpha value is -2.55. The van der Waals surface area contributed by atoms with E-state index in [9.17, 15) is 0 Å². The van der Waals surface area contributed by atoms with Crippen molar-refractivity contribution < 1.29 is 9.47 Å². The van der Waals surface area contributed by atoms with E-state index >= 15 is 0 Å². The number of nitrogens with zero attached hydrogens (tertiary/aromatic N) is 1. The van der Waals surface area contributed by atoms with Crippen molar-refractivity contribution >= 4 is 10.9 Å². The van der Waals surface area contributed by atoms with Crippen LogP contribution in [0.5, 0.6) is 17.4 Å². The molecule has 21 heavy (non-hydrogen) atoms. The highest BCUT2D eigenvalue weighted by Crippen LogP contribution is 2.32. The average Bonchev–Trinajstić information content (AvgIpc) is 2.54. The van der Waals surface area contributed by atoms with Gasteiger partial charge in [0, 0.05) is 5.39 Å². The fourth-order valence-electron chi connectivity index (χ4n) is 2.07. The fourth-order valence-corrected chi connectivity index (χ4v) is 2.07. The zero-order valence-electron chi connectivity index (χ0n) is 12.0. The molecule has 2 aromatic carbocycles. The standard InChI is InChI=1S/C18H17NO2/c1-2-12-20-17-13-14-8-6-7-11-16(14)19-18(17)21-15-9-4-3-5-10-15/h3-11,13H,2,12H2,1H3. The van der Waals surface area contributed by atoms with E-state index in [4.69, 9.17) is 9.47 Å². The Morgan fingerprint density at radius 1 is 0.952 bits per heavy atom. The van der Waals surface area contributed by atoms with Crippen LogP contribution in [0, 0.1) is 0 Å². The number of hydrogen-bond acceptors (Lipinski definition) is 3. The summed E-state index contributed by atoms with van der Waals surface area (Å²) in [6.07, 6.45) is 0.942. The predicted molar refractivity (Wildman–Crippen MR) is 84.0 cm³/mol. The summed E-state index contributed by atoms with van der Waals surface area (Å²) in [5, 5.41) is 1.05. The lowest BCUT2D eigenvalue weighted by Crippen LogP contribution is -1.99. The first kappa shape index (κ1) is 13.4. The van der Waals surface area contributed by atoms with Crippen molar-refractivity contribution in [3.05, 3.63) is 60.7 Å². The molecule has 0 aliphatic heterocycles. The highest BCUT2D eigenvalue weighted by atomic mass is 16.5. The first-order valence-corrected chi connectivity index (χ1v) is 7.12. The third-order valence-electron chi connectivity index (χ3n) is 3.08. The molecule has 0 fully saturated rings. The van der Waals surface area contributed by atoms with Gasteiger partial charge in [-0.3, -0.25) is 0 Å². The molecular weight excluding hydrogens is 262 g/mol. The van der Waals surface area contributed by atoms with Gasteiger partial charge in [-0.2, -0.15) is 0 Å². The van der Waals surface area contributed by atoms with Gasteiger partial charge < -0.3 is 9.47 Å². The Morgan fingerprint density at radius 3 is 2.52 bits per heavy atom. The molecule has 3 heteroatoms. The quantitative estimate of drug-likeness (QED) is 0.671. The summed E-state index contributed by atoms with van der Waals surface area (Å²) in [6.45, 7) is 2.72. The van der Waals surface area contributed by atoms with E-state index in [1.807, 2.05) is 60.7 Å². The maximum Gasteiger partial charge on any atom is 0.263 e.